The van der Waals surface area contributed by atoms with Gasteiger partial charge in [-0.1, -0.05) is 48.0 Å². The van der Waals surface area contributed by atoms with E-state index in [0.717, 1.165) is 15.4 Å². The summed E-state index contributed by atoms with van der Waals surface area (Å²) in [6.45, 7) is 3.89. The van der Waals surface area contributed by atoms with Crippen LogP contribution in [-0.2, 0) is 26.2 Å². The number of rotatable bonds is 9. The molecule has 9 nitrogen and oxygen atoms in total. The van der Waals surface area contributed by atoms with Gasteiger partial charge in [-0.3, -0.25) is 13.9 Å². The molecule has 1 unspecified atom stereocenters. The molecule has 0 radical (unpaired) electrons. The number of likely N-dealkylation sites (N-methyl/N-ethyl adjacent to an activating group) is 1. The lowest BCUT2D eigenvalue weighted by atomic mass is 10.1. The van der Waals surface area contributed by atoms with E-state index in [9.17, 15) is 18.0 Å². The van der Waals surface area contributed by atoms with Crippen LogP contribution < -0.4 is 19.1 Å². The third-order valence-corrected chi connectivity index (χ3v) is 8.06. The molecule has 1 N–H and O–H groups in total. The van der Waals surface area contributed by atoms with Gasteiger partial charge in [0.25, 0.3) is 10.0 Å². The van der Waals surface area contributed by atoms with E-state index in [1.807, 2.05) is 31.2 Å². The molecular formula is C28H31N3O6S. The number of ether oxygens (including phenoxy) is 2. The van der Waals surface area contributed by atoms with Crippen molar-refractivity contribution in [2.24, 2.45) is 0 Å². The minimum absolute atomic E-state index is 0.0345. The fraction of sp³-hybridized carbons (Fsp3) is 0.286. The number of nitrogens with one attached hydrogen (secondary N) is 1. The number of sulfonamides is 1. The molecule has 10 heteroatoms. The lowest BCUT2D eigenvalue weighted by Crippen LogP contribution is -2.50. The first-order valence-corrected chi connectivity index (χ1v) is 13.7. The molecule has 200 valence electrons. The molecule has 0 bridgehead atoms. The zero-order valence-electron chi connectivity index (χ0n) is 21.6. The molecule has 38 heavy (non-hydrogen) atoms. The molecule has 1 aliphatic heterocycles. The molecule has 3 aromatic rings. The maximum Gasteiger partial charge on any atom is 0.264 e. The number of carbonyl (C=O) groups is 2. The van der Waals surface area contributed by atoms with Gasteiger partial charge in [0.1, 0.15) is 25.8 Å². The van der Waals surface area contributed by atoms with Crippen LogP contribution in [0.1, 0.15) is 18.1 Å². The average Bonchev–Trinajstić information content (AvgIpc) is 2.93. The lowest BCUT2D eigenvalue weighted by molar-refractivity contribution is -0.139. The second kappa shape index (κ2) is 11.6. The third kappa shape index (κ3) is 5.91. The van der Waals surface area contributed by atoms with E-state index in [1.165, 1.54) is 24.1 Å². The molecule has 1 aliphatic rings. The molecule has 0 aromatic heterocycles. The number of benzene rings is 3. The largest absolute Gasteiger partial charge is 0.486 e. The summed E-state index contributed by atoms with van der Waals surface area (Å²) in [6, 6.07) is 19.4. The SMILES string of the molecule is CNC(=O)C(C)N(Cc1cccc(C)c1)C(=O)CN(c1ccc2c(c1)OCCO2)S(=O)(=O)c1ccccc1. The van der Waals surface area contributed by atoms with E-state index < -0.39 is 28.5 Å². The standard InChI is InChI=1S/C28H31N3O6S/c1-20-8-7-9-22(16-20)18-30(21(2)28(33)29-3)27(32)19-31(38(34,35)24-10-5-4-6-11-24)23-12-13-25-26(17-23)37-15-14-36-25/h4-13,16-17,21H,14-15,18-19H2,1-3H3,(H,29,33). The topological polar surface area (TPSA) is 105 Å². The number of hydrogen-bond acceptors (Lipinski definition) is 6. The average molecular weight is 538 g/mol. The van der Waals surface area contributed by atoms with Gasteiger partial charge in [0, 0.05) is 19.7 Å². The van der Waals surface area contributed by atoms with Gasteiger partial charge in [0.15, 0.2) is 11.5 Å². The summed E-state index contributed by atoms with van der Waals surface area (Å²) in [6.07, 6.45) is 0. The van der Waals surface area contributed by atoms with E-state index in [0.29, 0.717) is 24.7 Å². The monoisotopic (exact) mass is 537 g/mol. The Bertz CT molecular complexity index is 1410. The quantitative estimate of drug-likeness (QED) is 0.450. The number of fused-ring (bicyclic) bond motifs is 1. The summed E-state index contributed by atoms with van der Waals surface area (Å²) in [7, 11) is -2.66. The minimum Gasteiger partial charge on any atom is -0.486 e. The van der Waals surface area contributed by atoms with Crippen molar-refractivity contribution in [1.82, 2.24) is 10.2 Å². The van der Waals surface area contributed by atoms with Crippen LogP contribution in [0.3, 0.4) is 0 Å². The predicted molar refractivity (Wildman–Crippen MR) is 144 cm³/mol. The zero-order chi connectivity index (χ0) is 27.3. The summed E-state index contributed by atoms with van der Waals surface area (Å²) >= 11 is 0. The van der Waals surface area contributed by atoms with Crippen LogP contribution >= 0.6 is 0 Å². The van der Waals surface area contributed by atoms with Crippen molar-refractivity contribution >= 4 is 27.5 Å². The first-order chi connectivity index (χ1) is 18.2. The highest BCUT2D eigenvalue weighted by atomic mass is 32.2. The number of amides is 2. The molecule has 2 amide bonds. The Morgan fingerprint density at radius 2 is 1.66 bits per heavy atom. The second-order valence-electron chi connectivity index (χ2n) is 8.95. The Kier molecular flexibility index (Phi) is 8.21. The molecule has 1 heterocycles. The van der Waals surface area contributed by atoms with Gasteiger partial charge in [0.2, 0.25) is 11.8 Å². The minimum atomic E-state index is -4.15. The van der Waals surface area contributed by atoms with Gasteiger partial charge < -0.3 is 19.7 Å². The van der Waals surface area contributed by atoms with Crippen molar-refractivity contribution in [2.45, 2.75) is 31.3 Å². The highest BCUT2D eigenvalue weighted by molar-refractivity contribution is 7.92. The Morgan fingerprint density at radius 1 is 0.947 bits per heavy atom. The van der Waals surface area contributed by atoms with E-state index in [-0.39, 0.29) is 23.0 Å². The van der Waals surface area contributed by atoms with Crippen molar-refractivity contribution < 1.29 is 27.5 Å². The molecule has 3 aromatic carbocycles. The highest BCUT2D eigenvalue weighted by Crippen LogP contribution is 2.36. The van der Waals surface area contributed by atoms with E-state index in [2.05, 4.69) is 5.32 Å². The molecule has 0 fully saturated rings. The Balaban J connectivity index is 1.74. The molecule has 0 spiro atoms. The van der Waals surface area contributed by atoms with Crippen molar-refractivity contribution in [2.75, 3.05) is 31.1 Å². The zero-order valence-corrected chi connectivity index (χ0v) is 22.4. The summed E-state index contributed by atoms with van der Waals surface area (Å²) in [4.78, 5) is 27.8. The number of carbonyl (C=O) groups excluding carboxylic acids is 2. The van der Waals surface area contributed by atoms with Crippen LogP contribution in [0.5, 0.6) is 11.5 Å². The van der Waals surface area contributed by atoms with Crippen molar-refractivity contribution in [3.05, 3.63) is 83.9 Å². The molecular weight excluding hydrogens is 506 g/mol. The van der Waals surface area contributed by atoms with Crippen LogP contribution in [0.15, 0.2) is 77.7 Å². The smallest absolute Gasteiger partial charge is 0.264 e. The van der Waals surface area contributed by atoms with E-state index in [1.54, 1.807) is 43.3 Å². The van der Waals surface area contributed by atoms with Crippen LogP contribution in [0, 0.1) is 6.92 Å². The number of nitrogens with zero attached hydrogens (tertiary/aromatic N) is 2. The van der Waals surface area contributed by atoms with Gasteiger partial charge in [-0.25, -0.2) is 8.42 Å². The van der Waals surface area contributed by atoms with Crippen LogP contribution in [-0.4, -0.2) is 58.0 Å². The molecule has 0 aliphatic carbocycles. The lowest BCUT2D eigenvalue weighted by Gasteiger charge is -2.32. The maximum atomic E-state index is 13.8. The van der Waals surface area contributed by atoms with Crippen molar-refractivity contribution in [3.63, 3.8) is 0 Å². The normalized spacial score (nSPS) is 13.3. The van der Waals surface area contributed by atoms with Crippen molar-refractivity contribution in [3.8, 4) is 11.5 Å². The molecule has 4 rings (SSSR count). The van der Waals surface area contributed by atoms with Gasteiger partial charge >= 0.3 is 0 Å². The summed E-state index contributed by atoms with van der Waals surface area (Å²) < 4.78 is 39.9. The van der Waals surface area contributed by atoms with Crippen LogP contribution in [0.25, 0.3) is 0 Å². The van der Waals surface area contributed by atoms with E-state index >= 15 is 0 Å². The Morgan fingerprint density at radius 3 is 2.34 bits per heavy atom. The van der Waals surface area contributed by atoms with Gasteiger partial charge in [-0.15, -0.1) is 0 Å². The fourth-order valence-corrected chi connectivity index (χ4v) is 5.66. The van der Waals surface area contributed by atoms with Gasteiger partial charge in [-0.05, 0) is 43.7 Å². The molecule has 0 saturated carbocycles. The predicted octanol–water partition coefficient (Wildman–Crippen LogP) is 3.12. The first-order valence-electron chi connectivity index (χ1n) is 12.2. The van der Waals surface area contributed by atoms with Gasteiger partial charge in [0.05, 0.1) is 10.6 Å². The highest BCUT2D eigenvalue weighted by Gasteiger charge is 2.33. The Hall–Kier alpha value is -4.05. The summed E-state index contributed by atoms with van der Waals surface area (Å²) in [5, 5.41) is 2.58. The molecule has 0 saturated heterocycles. The Labute approximate surface area is 223 Å². The fourth-order valence-electron chi connectivity index (χ4n) is 4.23. The maximum absolute atomic E-state index is 13.8. The molecule has 1 atom stereocenters. The van der Waals surface area contributed by atoms with Crippen LogP contribution in [0.4, 0.5) is 5.69 Å². The number of hydrogen-bond donors (Lipinski definition) is 1. The summed E-state index contributed by atoms with van der Waals surface area (Å²) in [5.41, 5.74) is 2.08. The summed E-state index contributed by atoms with van der Waals surface area (Å²) in [5.74, 6) is 0.00213. The third-order valence-electron chi connectivity index (χ3n) is 6.27. The number of aryl methyl sites for hydroxylation is 1. The first kappa shape index (κ1) is 27.0. The van der Waals surface area contributed by atoms with Crippen molar-refractivity contribution in [1.29, 1.82) is 0 Å². The van der Waals surface area contributed by atoms with E-state index in [4.69, 9.17) is 9.47 Å². The van der Waals surface area contributed by atoms with Crippen LogP contribution in [0.2, 0.25) is 0 Å². The number of anilines is 1. The second-order valence-corrected chi connectivity index (χ2v) is 10.8. The van der Waals surface area contributed by atoms with Gasteiger partial charge in [-0.2, -0.15) is 0 Å².